The first-order valence-corrected chi connectivity index (χ1v) is 11.6. The van der Waals surface area contributed by atoms with Crippen LogP contribution in [-0.2, 0) is 33.7 Å². The lowest BCUT2D eigenvalue weighted by Gasteiger charge is -2.19. The summed E-state index contributed by atoms with van der Waals surface area (Å²) in [5.41, 5.74) is 1.20. The van der Waals surface area contributed by atoms with Gasteiger partial charge < -0.3 is 9.47 Å². The molecular formula is C20H26N2O4S2. The lowest BCUT2D eigenvalue weighted by atomic mass is 9.89. The number of hydrogen-bond acceptors (Lipinski definition) is 7. The molecule has 28 heavy (non-hydrogen) atoms. The summed E-state index contributed by atoms with van der Waals surface area (Å²) in [6.07, 6.45) is 5.06. The Balaban J connectivity index is 1.80. The molecule has 4 rings (SSSR count). The summed E-state index contributed by atoms with van der Waals surface area (Å²) in [6.45, 7) is 5.26. The van der Waals surface area contributed by atoms with Gasteiger partial charge in [0, 0.05) is 11.5 Å². The normalized spacial score (nSPS) is 23.0. The van der Waals surface area contributed by atoms with E-state index < -0.39 is 5.25 Å². The van der Waals surface area contributed by atoms with Gasteiger partial charge in [0.2, 0.25) is 0 Å². The number of carbonyl (C=O) groups excluding carboxylic acids is 1. The monoisotopic (exact) mass is 422 g/mol. The number of thiophene rings is 1. The molecule has 2 aromatic heterocycles. The van der Waals surface area contributed by atoms with Crippen molar-refractivity contribution in [3.05, 3.63) is 20.8 Å². The maximum Gasteiger partial charge on any atom is 0.318 e. The Hall–Kier alpha value is -1.38. The highest BCUT2D eigenvalue weighted by Gasteiger charge is 2.27. The van der Waals surface area contributed by atoms with E-state index in [9.17, 15) is 9.59 Å². The average molecular weight is 423 g/mol. The molecule has 2 aromatic rings. The van der Waals surface area contributed by atoms with E-state index in [1.165, 1.54) is 29.3 Å². The van der Waals surface area contributed by atoms with Gasteiger partial charge in [-0.05, 0) is 50.5 Å². The molecule has 0 radical (unpaired) electrons. The fraction of sp³-hybridized carbons (Fsp3) is 0.650. The molecule has 2 aliphatic rings. The van der Waals surface area contributed by atoms with E-state index in [1.54, 1.807) is 22.8 Å². The minimum absolute atomic E-state index is 0.00659. The Morgan fingerprint density at radius 3 is 3.00 bits per heavy atom. The summed E-state index contributed by atoms with van der Waals surface area (Å²) in [5.74, 6) is 0.324. The average Bonchev–Trinajstić information content (AvgIpc) is 3.30. The molecule has 3 unspecified atom stereocenters. The van der Waals surface area contributed by atoms with Crippen LogP contribution in [-0.4, -0.2) is 40.6 Å². The highest BCUT2D eigenvalue weighted by Crippen LogP contribution is 2.37. The summed E-state index contributed by atoms with van der Waals surface area (Å²) in [7, 11) is 1.38. The maximum atomic E-state index is 13.5. The van der Waals surface area contributed by atoms with Crippen LogP contribution in [0.2, 0.25) is 0 Å². The number of fused-ring (bicyclic) bond motifs is 3. The van der Waals surface area contributed by atoms with E-state index >= 15 is 0 Å². The molecule has 152 valence electrons. The summed E-state index contributed by atoms with van der Waals surface area (Å²) >= 11 is 2.93. The highest BCUT2D eigenvalue weighted by atomic mass is 32.2. The van der Waals surface area contributed by atoms with Crippen molar-refractivity contribution in [2.75, 3.05) is 13.7 Å². The Bertz CT molecular complexity index is 946. The van der Waals surface area contributed by atoms with Crippen molar-refractivity contribution in [3.63, 3.8) is 0 Å². The van der Waals surface area contributed by atoms with E-state index in [-0.39, 0.29) is 17.6 Å². The number of methoxy groups -OCH3 is 1. The predicted octanol–water partition coefficient (Wildman–Crippen LogP) is 3.42. The van der Waals surface area contributed by atoms with Gasteiger partial charge in [0.15, 0.2) is 5.16 Å². The first-order valence-electron chi connectivity index (χ1n) is 9.89. The second-order valence-corrected chi connectivity index (χ2v) is 10.2. The van der Waals surface area contributed by atoms with Crippen LogP contribution in [0.1, 0.15) is 43.6 Å². The third kappa shape index (κ3) is 3.74. The zero-order valence-corrected chi connectivity index (χ0v) is 18.2. The van der Waals surface area contributed by atoms with Crippen LogP contribution in [0.5, 0.6) is 0 Å². The zero-order chi connectivity index (χ0) is 19.8. The summed E-state index contributed by atoms with van der Waals surface area (Å²) < 4.78 is 12.4. The van der Waals surface area contributed by atoms with E-state index in [0.29, 0.717) is 17.6 Å². The van der Waals surface area contributed by atoms with Gasteiger partial charge in [-0.1, -0.05) is 18.7 Å². The fourth-order valence-electron chi connectivity index (χ4n) is 4.02. The highest BCUT2D eigenvalue weighted by molar-refractivity contribution is 8.00. The van der Waals surface area contributed by atoms with Crippen molar-refractivity contribution in [2.24, 2.45) is 5.92 Å². The van der Waals surface area contributed by atoms with Gasteiger partial charge in [-0.2, -0.15) is 0 Å². The van der Waals surface area contributed by atoms with Crippen LogP contribution in [0.4, 0.5) is 0 Å². The van der Waals surface area contributed by atoms with E-state index in [4.69, 9.17) is 14.5 Å². The molecule has 0 saturated carbocycles. The first-order chi connectivity index (χ1) is 13.5. The smallest absolute Gasteiger partial charge is 0.318 e. The molecule has 1 aliphatic heterocycles. The Morgan fingerprint density at radius 2 is 2.29 bits per heavy atom. The lowest BCUT2D eigenvalue weighted by Crippen LogP contribution is -2.30. The predicted molar refractivity (Wildman–Crippen MR) is 111 cm³/mol. The van der Waals surface area contributed by atoms with Gasteiger partial charge in [0.05, 0.1) is 25.1 Å². The number of ether oxygens (including phenoxy) is 2. The Labute approximate surface area is 172 Å². The largest absolute Gasteiger partial charge is 0.468 e. The number of aryl methyl sites for hydroxylation is 1. The molecule has 0 amide bonds. The number of nitrogens with zero attached hydrogens (tertiary/aromatic N) is 2. The van der Waals surface area contributed by atoms with Crippen molar-refractivity contribution in [3.8, 4) is 0 Å². The topological polar surface area (TPSA) is 70.4 Å². The number of rotatable bonds is 5. The molecule has 0 N–H and O–H groups in total. The lowest BCUT2D eigenvalue weighted by molar-refractivity contribution is -0.139. The number of aromatic nitrogens is 2. The summed E-state index contributed by atoms with van der Waals surface area (Å²) in [6, 6.07) is 0. The molecule has 1 fully saturated rings. The number of hydrogen-bond donors (Lipinski definition) is 0. The fourth-order valence-corrected chi connectivity index (χ4v) is 6.39. The third-order valence-electron chi connectivity index (χ3n) is 5.61. The quantitative estimate of drug-likeness (QED) is 0.418. The SMILES string of the molecule is COC(=O)C(C)Sc1nc2sc3c(c2c(=O)n1CC1CCCO1)CCC(C)C3. The molecule has 3 heterocycles. The first kappa shape index (κ1) is 19.9. The minimum atomic E-state index is -0.431. The van der Waals surface area contributed by atoms with Crippen LogP contribution < -0.4 is 5.56 Å². The third-order valence-corrected chi connectivity index (χ3v) is 7.82. The molecular weight excluding hydrogens is 396 g/mol. The van der Waals surface area contributed by atoms with E-state index in [1.807, 2.05) is 0 Å². The molecule has 0 bridgehead atoms. The Kier molecular flexibility index (Phi) is 5.81. The number of carbonyl (C=O) groups is 1. The molecule has 0 spiro atoms. The summed E-state index contributed by atoms with van der Waals surface area (Å²) in [4.78, 5) is 32.4. The van der Waals surface area contributed by atoms with Crippen LogP contribution >= 0.6 is 23.1 Å². The van der Waals surface area contributed by atoms with Gasteiger partial charge in [-0.3, -0.25) is 14.2 Å². The molecule has 0 aromatic carbocycles. The standard InChI is InChI=1S/C20H26N2O4S2/c1-11-6-7-14-15(9-11)28-17-16(14)18(23)22(10-13-5-4-8-26-13)20(21-17)27-12(2)19(24)25-3/h11-13H,4-10H2,1-3H3. The van der Waals surface area contributed by atoms with Gasteiger partial charge in [-0.15, -0.1) is 11.3 Å². The van der Waals surface area contributed by atoms with Crippen LogP contribution in [0.15, 0.2) is 9.95 Å². The van der Waals surface area contributed by atoms with Crippen LogP contribution in [0, 0.1) is 5.92 Å². The van der Waals surface area contributed by atoms with Crippen molar-refractivity contribution in [1.29, 1.82) is 0 Å². The second-order valence-electron chi connectivity index (χ2n) is 7.76. The van der Waals surface area contributed by atoms with E-state index in [0.717, 1.165) is 48.9 Å². The van der Waals surface area contributed by atoms with Crippen LogP contribution in [0.25, 0.3) is 10.2 Å². The molecule has 8 heteroatoms. The molecule has 3 atom stereocenters. The van der Waals surface area contributed by atoms with Gasteiger partial charge in [-0.25, -0.2) is 4.98 Å². The number of esters is 1. The molecule has 6 nitrogen and oxygen atoms in total. The maximum absolute atomic E-state index is 13.5. The number of thioether (sulfide) groups is 1. The molecule has 1 aliphatic carbocycles. The van der Waals surface area contributed by atoms with Gasteiger partial charge >= 0.3 is 5.97 Å². The van der Waals surface area contributed by atoms with Crippen molar-refractivity contribution in [2.45, 2.75) is 69.0 Å². The summed E-state index contributed by atoms with van der Waals surface area (Å²) in [5, 5.41) is 0.928. The van der Waals surface area contributed by atoms with Gasteiger partial charge in [0.1, 0.15) is 10.1 Å². The van der Waals surface area contributed by atoms with E-state index in [2.05, 4.69) is 6.92 Å². The molecule has 1 saturated heterocycles. The second kappa shape index (κ2) is 8.16. The van der Waals surface area contributed by atoms with Crippen molar-refractivity contribution >= 4 is 39.3 Å². The van der Waals surface area contributed by atoms with Crippen molar-refractivity contribution in [1.82, 2.24) is 9.55 Å². The van der Waals surface area contributed by atoms with Crippen molar-refractivity contribution < 1.29 is 14.3 Å². The Morgan fingerprint density at radius 1 is 1.46 bits per heavy atom. The zero-order valence-electron chi connectivity index (χ0n) is 16.5. The van der Waals surface area contributed by atoms with Crippen LogP contribution in [0.3, 0.4) is 0 Å². The minimum Gasteiger partial charge on any atom is -0.468 e. The van der Waals surface area contributed by atoms with Gasteiger partial charge in [0.25, 0.3) is 5.56 Å².